The predicted molar refractivity (Wildman–Crippen MR) is 69.2 cm³/mol. The van der Waals surface area contributed by atoms with E-state index in [1.54, 1.807) is 18.2 Å². The van der Waals surface area contributed by atoms with E-state index in [0.717, 1.165) is 11.1 Å². The third kappa shape index (κ3) is 2.48. The Hall–Kier alpha value is -2.22. The minimum Gasteiger partial charge on any atom is -0.507 e. The number of aromatic hydroxyl groups is 1. The van der Waals surface area contributed by atoms with E-state index >= 15 is 0 Å². The quantitative estimate of drug-likeness (QED) is 0.807. The van der Waals surface area contributed by atoms with Crippen LogP contribution in [0.15, 0.2) is 61.2 Å². The summed E-state index contributed by atoms with van der Waals surface area (Å²) in [6.45, 7) is 4.03. The Morgan fingerprint density at radius 3 is 2.53 bits per heavy atom. The maximum Gasteiger partial charge on any atom is 0.131 e. The molecule has 2 aromatic rings. The van der Waals surface area contributed by atoms with Crippen LogP contribution in [0.1, 0.15) is 0 Å². The molecule has 0 aliphatic heterocycles. The van der Waals surface area contributed by atoms with E-state index in [1.165, 1.54) is 0 Å². The summed E-state index contributed by atoms with van der Waals surface area (Å²) in [6, 6.07) is 14.9. The number of hydrogen-bond acceptors (Lipinski definition) is 2. The molecular formula is C15H14O2. The van der Waals surface area contributed by atoms with Gasteiger partial charge in [0.05, 0.1) is 5.56 Å². The van der Waals surface area contributed by atoms with Gasteiger partial charge in [0, 0.05) is 0 Å². The van der Waals surface area contributed by atoms with Crippen LogP contribution >= 0.6 is 0 Å². The molecule has 0 saturated heterocycles. The van der Waals surface area contributed by atoms with Crippen LogP contribution in [0.25, 0.3) is 11.1 Å². The first kappa shape index (κ1) is 11.3. The van der Waals surface area contributed by atoms with Gasteiger partial charge < -0.3 is 9.84 Å². The van der Waals surface area contributed by atoms with Crippen molar-refractivity contribution >= 4 is 0 Å². The number of phenolic OH excluding ortho intramolecular Hbond substituents is 1. The third-order valence-corrected chi connectivity index (χ3v) is 2.42. The fraction of sp³-hybridized carbons (Fsp3) is 0.0667. The van der Waals surface area contributed by atoms with E-state index < -0.39 is 0 Å². The molecule has 1 N–H and O–H groups in total. The van der Waals surface area contributed by atoms with Crippen molar-refractivity contribution in [3.63, 3.8) is 0 Å². The largest absolute Gasteiger partial charge is 0.507 e. The molecule has 0 aliphatic rings. The van der Waals surface area contributed by atoms with Crippen molar-refractivity contribution in [3.8, 4) is 22.6 Å². The summed E-state index contributed by atoms with van der Waals surface area (Å²) >= 11 is 0. The maximum atomic E-state index is 9.94. The van der Waals surface area contributed by atoms with Gasteiger partial charge in [-0.2, -0.15) is 0 Å². The fourth-order valence-corrected chi connectivity index (χ4v) is 1.68. The van der Waals surface area contributed by atoms with Crippen molar-refractivity contribution in [1.82, 2.24) is 0 Å². The van der Waals surface area contributed by atoms with Crippen molar-refractivity contribution in [1.29, 1.82) is 0 Å². The molecular weight excluding hydrogens is 212 g/mol. The van der Waals surface area contributed by atoms with Crippen molar-refractivity contribution < 1.29 is 9.84 Å². The lowest BCUT2D eigenvalue weighted by atomic mass is 10.0. The Balaban J connectivity index is 2.47. The molecule has 0 unspecified atom stereocenters. The van der Waals surface area contributed by atoms with Gasteiger partial charge in [0.2, 0.25) is 0 Å². The van der Waals surface area contributed by atoms with Crippen LogP contribution in [0.4, 0.5) is 0 Å². The van der Waals surface area contributed by atoms with Crippen LogP contribution < -0.4 is 4.74 Å². The number of phenols is 1. The first-order chi connectivity index (χ1) is 8.33. The molecule has 0 fully saturated rings. The molecule has 0 aliphatic carbocycles. The lowest BCUT2D eigenvalue weighted by Gasteiger charge is -2.11. The van der Waals surface area contributed by atoms with E-state index in [4.69, 9.17) is 4.74 Å². The summed E-state index contributed by atoms with van der Waals surface area (Å²) in [5.74, 6) is 0.883. The Morgan fingerprint density at radius 1 is 1.06 bits per heavy atom. The highest BCUT2D eigenvalue weighted by Crippen LogP contribution is 2.37. The van der Waals surface area contributed by atoms with Crippen LogP contribution in [0.2, 0.25) is 0 Å². The monoisotopic (exact) mass is 226 g/mol. The predicted octanol–water partition coefficient (Wildman–Crippen LogP) is 3.62. The van der Waals surface area contributed by atoms with Crippen LogP contribution in [-0.4, -0.2) is 11.7 Å². The van der Waals surface area contributed by atoms with E-state index in [2.05, 4.69) is 6.58 Å². The molecule has 2 rings (SSSR count). The van der Waals surface area contributed by atoms with Gasteiger partial charge in [0.25, 0.3) is 0 Å². The summed E-state index contributed by atoms with van der Waals surface area (Å²) in [5.41, 5.74) is 1.65. The molecule has 0 spiro atoms. The van der Waals surface area contributed by atoms with Crippen molar-refractivity contribution in [3.05, 3.63) is 61.2 Å². The zero-order valence-corrected chi connectivity index (χ0v) is 9.47. The Morgan fingerprint density at radius 2 is 1.82 bits per heavy atom. The van der Waals surface area contributed by atoms with E-state index in [9.17, 15) is 5.11 Å². The van der Waals surface area contributed by atoms with Gasteiger partial charge in [-0.05, 0) is 17.7 Å². The molecule has 2 nitrogen and oxygen atoms in total. The summed E-state index contributed by atoms with van der Waals surface area (Å²) in [4.78, 5) is 0. The van der Waals surface area contributed by atoms with Crippen molar-refractivity contribution in [2.24, 2.45) is 0 Å². The zero-order chi connectivity index (χ0) is 12.1. The minimum atomic E-state index is 0.220. The number of hydrogen-bond donors (Lipinski definition) is 1. The molecule has 2 heteroatoms. The highest BCUT2D eigenvalue weighted by molar-refractivity contribution is 5.76. The zero-order valence-electron chi connectivity index (χ0n) is 9.47. The summed E-state index contributed by atoms with van der Waals surface area (Å²) < 4.78 is 5.54. The van der Waals surface area contributed by atoms with E-state index in [-0.39, 0.29) is 5.75 Å². The van der Waals surface area contributed by atoms with Gasteiger partial charge in [-0.3, -0.25) is 0 Å². The SMILES string of the molecule is C=CCOc1cccc(O)c1-c1ccccc1. The molecule has 2 aromatic carbocycles. The molecule has 86 valence electrons. The van der Waals surface area contributed by atoms with E-state index in [1.807, 2.05) is 36.4 Å². The first-order valence-electron chi connectivity index (χ1n) is 5.44. The second kappa shape index (κ2) is 5.21. The molecule has 0 aromatic heterocycles. The second-order valence-electron chi connectivity index (χ2n) is 3.62. The van der Waals surface area contributed by atoms with Gasteiger partial charge >= 0.3 is 0 Å². The highest BCUT2D eigenvalue weighted by atomic mass is 16.5. The van der Waals surface area contributed by atoms with Crippen LogP contribution in [0, 0.1) is 0 Å². The van der Waals surface area contributed by atoms with Crippen molar-refractivity contribution in [2.75, 3.05) is 6.61 Å². The molecule has 0 radical (unpaired) electrons. The lowest BCUT2D eigenvalue weighted by Crippen LogP contribution is -1.95. The number of ether oxygens (including phenoxy) is 1. The Labute approximate surface area is 101 Å². The Kier molecular flexibility index (Phi) is 3.46. The maximum absolute atomic E-state index is 9.94. The topological polar surface area (TPSA) is 29.5 Å². The van der Waals surface area contributed by atoms with Gasteiger partial charge in [-0.1, -0.05) is 49.1 Å². The summed E-state index contributed by atoms with van der Waals surface area (Å²) in [6.07, 6.45) is 1.68. The standard InChI is InChI=1S/C15H14O2/c1-2-11-17-14-10-6-9-13(16)15(14)12-7-4-3-5-8-12/h2-10,16H,1,11H2. The van der Waals surface area contributed by atoms with Crippen LogP contribution in [-0.2, 0) is 0 Å². The smallest absolute Gasteiger partial charge is 0.131 e. The second-order valence-corrected chi connectivity index (χ2v) is 3.62. The minimum absolute atomic E-state index is 0.220. The van der Waals surface area contributed by atoms with Gasteiger partial charge in [-0.25, -0.2) is 0 Å². The highest BCUT2D eigenvalue weighted by Gasteiger charge is 2.10. The number of rotatable bonds is 4. The van der Waals surface area contributed by atoms with Crippen LogP contribution in [0.5, 0.6) is 11.5 Å². The molecule has 17 heavy (non-hydrogen) atoms. The Bertz CT molecular complexity index is 504. The number of benzene rings is 2. The average molecular weight is 226 g/mol. The average Bonchev–Trinajstić information content (AvgIpc) is 2.37. The molecule has 0 heterocycles. The van der Waals surface area contributed by atoms with Crippen molar-refractivity contribution in [2.45, 2.75) is 0 Å². The van der Waals surface area contributed by atoms with E-state index in [0.29, 0.717) is 12.4 Å². The fourth-order valence-electron chi connectivity index (χ4n) is 1.68. The molecule has 0 bridgehead atoms. The van der Waals surface area contributed by atoms with Crippen LogP contribution in [0.3, 0.4) is 0 Å². The van der Waals surface area contributed by atoms with Gasteiger partial charge in [-0.15, -0.1) is 0 Å². The normalized spacial score (nSPS) is 9.88. The molecule has 0 amide bonds. The summed E-state index contributed by atoms with van der Waals surface area (Å²) in [5, 5.41) is 9.94. The summed E-state index contributed by atoms with van der Waals surface area (Å²) in [7, 11) is 0. The molecule has 0 atom stereocenters. The first-order valence-corrected chi connectivity index (χ1v) is 5.44. The lowest BCUT2D eigenvalue weighted by molar-refractivity contribution is 0.362. The third-order valence-electron chi connectivity index (χ3n) is 2.42. The van der Waals surface area contributed by atoms with Gasteiger partial charge in [0.1, 0.15) is 18.1 Å². The van der Waals surface area contributed by atoms with Gasteiger partial charge in [0.15, 0.2) is 0 Å². The molecule has 0 saturated carbocycles.